The molecule has 0 saturated heterocycles. The van der Waals surface area contributed by atoms with Gasteiger partial charge in [0.2, 0.25) is 5.91 Å². The third-order valence-corrected chi connectivity index (χ3v) is 5.21. The predicted octanol–water partition coefficient (Wildman–Crippen LogP) is 5.39. The molecule has 0 aliphatic heterocycles. The molecule has 3 rings (SSSR count). The number of aromatic nitrogens is 1. The van der Waals surface area contributed by atoms with Gasteiger partial charge in [0.05, 0.1) is 0 Å². The second-order valence-corrected chi connectivity index (χ2v) is 8.02. The quantitative estimate of drug-likeness (QED) is 0.577. The van der Waals surface area contributed by atoms with Crippen molar-refractivity contribution in [2.24, 2.45) is 5.92 Å². The lowest BCUT2D eigenvalue weighted by atomic mass is 10.1. The first-order chi connectivity index (χ1) is 13.9. The van der Waals surface area contributed by atoms with Gasteiger partial charge in [-0.15, -0.1) is 0 Å². The highest BCUT2D eigenvalue weighted by Crippen LogP contribution is 2.26. The third kappa shape index (κ3) is 5.68. The van der Waals surface area contributed by atoms with Gasteiger partial charge in [0.1, 0.15) is 5.03 Å². The van der Waals surface area contributed by atoms with Crippen LogP contribution in [0.3, 0.4) is 0 Å². The van der Waals surface area contributed by atoms with Gasteiger partial charge in [-0.1, -0.05) is 37.7 Å². The molecule has 3 aromatic rings. The van der Waals surface area contributed by atoms with Crippen LogP contribution in [0.4, 0.5) is 11.4 Å². The van der Waals surface area contributed by atoms with Crippen molar-refractivity contribution < 1.29 is 9.59 Å². The molecule has 0 fully saturated rings. The second kappa shape index (κ2) is 9.39. The van der Waals surface area contributed by atoms with Gasteiger partial charge in [0.25, 0.3) is 5.91 Å². The fourth-order valence-corrected chi connectivity index (χ4v) is 3.29. The zero-order valence-electron chi connectivity index (χ0n) is 16.6. The van der Waals surface area contributed by atoms with Crippen molar-refractivity contribution in [3.05, 3.63) is 78.0 Å². The molecule has 5 nitrogen and oxygen atoms in total. The summed E-state index contributed by atoms with van der Waals surface area (Å²) in [5.74, 6) is -0.376. The Labute approximate surface area is 175 Å². The van der Waals surface area contributed by atoms with Crippen LogP contribution in [0.5, 0.6) is 0 Å². The van der Waals surface area contributed by atoms with Crippen molar-refractivity contribution in [3.63, 3.8) is 0 Å². The first-order valence-electron chi connectivity index (χ1n) is 9.34. The number of benzene rings is 2. The summed E-state index contributed by atoms with van der Waals surface area (Å²) in [6.45, 7) is 5.58. The molecule has 0 aliphatic rings. The minimum Gasteiger partial charge on any atom is -0.326 e. The number of hydrogen-bond acceptors (Lipinski definition) is 4. The van der Waals surface area contributed by atoms with E-state index in [-0.39, 0.29) is 17.7 Å². The number of nitrogens with one attached hydrogen (secondary N) is 2. The Morgan fingerprint density at radius 3 is 2.38 bits per heavy atom. The van der Waals surface area contributed by atoms with Gasteiger partial charge in [-0.3, -0.25) is 9.59 Å². The topological polar surface area (TPSA) is 71.1 Å². The van der Waals surface area contributed by atoms with Crippen molar-refractivity contribution in [1.29, 1.82) is 0 Å². The van der Waals surface area contributed by atoms with Gasteiger partial charge in [-0.2, -0.15) is 0 Å². The minimum atomic E-state index is -0.199. The number of carbonyl (C=O) groups excluding carboxylic acids is 2. The van der Waals surface area contributed by atoms with Crippen LogP contribution in [0.1, 0.15) is 29.8 Å². The van der Waals surface area contributed by atoms with Crippen LogP contribution in [0.2, 0.25) is 0 Å². The first kappa shape index (κ1) is 20.6. The number of aryl methyl sites for hydroxylation is 1. The van der Waals surface area contributed by atoms with E-state index in [1.165, 1.54) is 0 Å². The summed E-state index contributed by atoms with van der Waals surface area (Å²) in [5.41, 5.74) is 2.81. The number of anilines is 2. The monoisotopic (exact) mass is 405 g/mol. The molecule has 6 heteroatoms. The van der Waals surface area contributed by atoms with Crippen LogP contribution in [0.15, 0.2) is 76.8 Å². The van der Waals surface area contributed by atoms with Crippen LogP contribution in [-0.4, -0.2) is 16.8 Å². The predicted molar refractivity (Wildman–Crippen MR) is 117 cm³/mol. The van der Waals surface area contributed by atoms with E-state index in [1.54, 1.807) is 36.2 Å². The van der Waals surface area contributed by atoms with Crippen LogP contribution in [-0.2, 0) is 4.79 Å². The van der Waals surface area contributed by atoms with E-state index in [1.807, 2.05) is 63.2 Å². The average Bonchev–Trinajstić information content (AvgIpc) is 2.71. The minimum absolute atomic E-state index is 0.0628. The Morgan fingerprint density at radius 1 is 0.966 bits per heavy atom. The lowest BCUT2D eigenvalue weighted by molar-refractivity contribution is -0.118. The molecule has 0 radical (unpaired) electrons. The van der Waals surface area contributed by atoms with Crippen LogP contribution in [0.25, 0.3) is 0 Å². The lowest BCUT2D eigenvalue weighted by Crippen LogP contribution is -2.18. The molecule has 2 aromatic carbocycles. The first-order valence-corrected chi connectivity index (χ1v) is 10.2. The molecule has 0 saturated carbocycles. The number of pyridine rings is 1. The highest BCUT2D eigenvalue weighted by Gasteiger charge is 2.11. The molecule has 29 heavy (non-hydrogen) atoms. The molecule has 0 unspecified atom stereocenters. The molecule has 1 heterocycles. The molecule has 0 aliphatic carbocycles. The normalized spacial score (nSPS) is 10.6. The summed E-state index contributed by atoms with van der Waals surface area (Å²) in [5, 5.41) is 6.69. The highest BCUT2D eigenvalue weighted by atomic mass is 32.2. The Bertz CT molecular complexity index is 1000. The van der Waals surface area contributed by atoms with E-state index in [4.69, 9.17) is 0 Å². The molecule has 2 N–H and O–H groups in total. The summed E-state index contributed by atoms with van der Waals surface area (Å²) in [4.78, 5) is 29.9. The summed E-state index contributed by atoms with van der Waals surface area (Å²) in [6.07, 6.45) is 1.75. The molecule has 2 amide bonds. The van der Waals surface area contributed by atoms with Crippen molar-refractivity contribution in [2.75, 3.05) is 10.6 Å². The number of rotatable bonds is 6. The maximum absolute atomic E-state index is 12.7. The maximum Gasteiger partial charge on any atom is 0.255 e. The lowest BCUT2D eigenvalue weighted by Gasteiger charge is -2.13. The van der Waals surface area contributed by atoms with E-state index in [0.29, 0.717) is 16.9 Å². The van der Waals surface area contributed by atoms with E-state index >= 15 is 0 Å². The van der Waals surface area contributed by atoms with Crippen LogP contribution < -0.4 is 10.6 Å². The molecular weight excluding hydrogens is 382 g/mol. The molecule has 148 valence electrons. The van der Waals surface area contributed by atoms with E-state index < -0.39 is 0 Å². The smallest absolute Gasteiger partial charge is 0.255 e. The zero-order valence-corrected chi connectivity index (χ0v) is 17.4. The van der Waals surface area contributed by atoms with Gasteiger partial charge in [0.15, 0.2) is 0 Å². The van der Waals surface area contributed by atoms with Crippen LogP contribution >= 0.6 is 11.8 Å². The largest absolute Gasteiger partial charge is 0.326 e. The number of nitrogens with zero attached hydrogens (tertiary/aromatic N) is 1. The summed E-state index contributed by atoms with van der Waals surface area (Å²) < 4.78 is 0. The highest BCUT2D eigenvalue weighted by molar-refractivity contribution is 7.99. The summed E-state index contributed by atoms with van der Waals surface area (Å²) >= 11 is 1.54. The zero-order chi connectivity index (χ0) is 20.8. The molecular formula is C23H23N3O2S. The third-order valence-electron chi connectivity index (χ3n) is 4.25. The second-order valence-electron chi connectivity index (χ2n) is 6.92. The fraction of sp³-hybridized carbons (Fsp3) is 0.174. The molecule has 0 atom stereocenters. The number of carbonyl (C=O) groups is 2. The molecule has 0 bridgehead atoms. The number of amides is 2. The Morgan fingerprint density at radius 2 is 1.72 bits per heavy atom. The van der Waals surface area contributed by atoms with Crippen molar-refractivity contribution in [3.8, 4) is 0 Å². The number of hydrogen-bond donors (Lipinski definition) is 2. The maximum atomic E-state index is 12.7. The Hall–Kier alpha value is -3.12. The average molecular weight is 406 g/mol. The van der Waals surface area contributed by atoms with Crippen LogP contribution in [0, 0.1) is 12.8 Å². The van der Waals surface area contributed by atoms with Crippen molar-refractivity contribution in [1.82, 2.24) is 4.98 Å². The SMILES string of the molecule is Cc1ccc(NC(=O)C(C)C)cc1NC(=O)c1ccc(Sc2ccccn2)cc1. The van der Waals surface area contributed by atoms with Gasteiger partial charge < -0.3 is 10.6 Å². The summed E-state index contributed by atoms with van der Waals surface area (Å²) in [7, 11) is 0. The summed E-state index contributed by atoms with van der Waals surface area (Å²) in [6, 6.07) is 18.6. The van der Waals surface area contributed by atoms with E-state index in [2.05, 4.69) is 15.6 Å². The Balaban J connectivity index is 1.69. The Kier molecular flexibility index (Phi) is 6.67. The van der Waals surface area contributed by atoms with Crippen molar-refractivity contribution >= 4 is 35.0 Å². The van der Waals surface area contributed by atoms with Gasteiger partial charge in [-0.05, 0) is 61.0 Å². The molecule has 0 spiro atoms. The van der Waals surface area contributed by atoms with Gasteiger partial charge >= 0.3 is 0 Å². The van der Waals surface area contributed by atoms with Gasteiger partial charge in [0, 0.05) is 33.9 Å². The fourth-order valence-electron chi connectivity index (χ4n) is 2.52. The standard InChI is InChI=1S/C23H23N3O2S/c1-15(2)22(27)25-18-10-7-16(3)20(14-18)26-23(28)17-8-11-19(12-9-17)29-21-6-4-5-13-24-21/h4-15H,1-3H3,(H,25,27)(H,26,28). The van der Waals surface area contributed by atoms with E-state index in [9.17, 15) is 9.59 Å². The molecule has 1 aromatic heterocycles. The van der Waals surface area contributed by atoms with Gasteiger partial charge in [-0.25, -0.2) is 4.98 Å². The van der Waals surface area contributed by atoms with Crippen molar-refractivity contribution in [2.45, 2.75) is 30.7 Å². The van der Waals surface area contributed by atoms with E-state index in [0.717, 1.165) is 15.5 Å².